The second kappa shape index (κ2) is 2.62. The first-order valence-electron chi connectivity index (χ1n) is 4.79. The number of pyridine rings is 1. The van der Waals surface area contributed by atoms with E-state index in [-0.39, 0.29) is 0 Å². The molecule has 0 saturated carbocycles. The largest absolute Gasteiger partial charge is 0.488 e. The van der Waals surface area contributed by atoms with Crippen LogP contribution in [-0.4, -0.2) is 24.2 Å². The van der Waals surface area contributed by atoms with Crippen LogP contribution in [0.25, 0.3) is 0 Å². The van der Waals surface area contributed by atoms with Crippen LogP contribution in [0.4, 0.5) is 5.82 Å². The maximum absolute atomic E-state index is 5.63. The zero-order chi connectivity index (χ0) is 8.67. The molecule has 0 aliphatic carbocycles. The Balaban J connectivity index is 2.06. The lowest BCUT2D eigenvalue weighted by Gasteiger charge is -2.31. The van der Waals surface area contributed by atoms with Crippen molar-refractivity contribution in [2.24, 2.45) is 0 Å². The minimum absolute atomic E-state index is 0.572. The fourth-order valence-corrected chi connectivity index (χ4v) is 2.18. The Morgan fingerprint density at radius 2 is 2.54 bits per heavy atom. The van der Waals surface area contributed by atoms with Gasteiger partial charge >= 0.3 is 0 Å². The predicted molar refractivity (Wildman–Crippen MR) is 50.1 cm³/mol. The van der Waals surface area contributed by atoms with Gasteiger partial charge < -0.3 is 9.64 Å². The molecule has 2 aliphatic rings. The van der Waals surface area contributed by atoms with Crippen LogP contribution in [0, 0.1) is 0 Å². The highest BCUT2D eigenvalue weighted by molar-refractivity contribution is 5.55. The molecule has 13 heavy (non-hydrogen) atoms. The van der Waals surface area contributed by atoms with Crippen molar-refractivity contribution in [3.63, 3.8) is 0 Å². The highest BCUT2D eigenvalue weighted by atomic mass is 16.5. The summed E-state index contributed by atoms with van der Waals surface area (Å²) in [6.07, 6.45) is 4.35. The molecule has 0 radical (unpaired) electrons. The van der Waals surface area contributed by atoms with E-state index in [2.05, 4.69) is 9.88 Å². The Morgan fingerprint density at radius 1 is 1.54 bits per heavy atom. The summed E-state index contributed by atoms with van der Waals surface area (Å²) < 4.78 is 5.63. The van der Waals surface area contributed by atoms with E-state index in [9.17, 15) is 0 Å². The Bertz CT molecular complexity index is 326. The van der Waals surface area contributed by atoms with E-state index in [0.717, 1.165) is 24.7 Å². The number of rotatable bonds is 0. The summed E-state index contributed by atoms with van der Waals surface area (Å²) in [5, 5.41) is 0. The van der Waals surface area contributed by atoms with Crippen LogP contribution in [0.1, 0.15) is 12.8 Å². The van der Waals surface area contributed by atoms with E-state index >= 15 is 0 Å². The van der Waals surface area contributed by atoms with E-state index in [0.29, 0.717) is 6.04 Å². The molecular formula is C10H12N2O. The van der Waals surface area contributed by atoms with Gasteiger partial charge in [0.1, 0.15) is 6.61 Å². The van der Waals surface area contributed by atoms with Crippen molar-refractivity contribution in [3.05, 3.63) is 18.3 Å². The summed E-state index contributed by atoms with van der Waals surface area (Å²) in [6.45, 7) is 1.97. The number of nitrogens with zero attached hydrogens (tertiary/aromatic N) is 2. The van der Waals surface area contributed by atoms with Crippen LogP contribution in [0.5, 0.6) is 5.75 Å². The molecule has 68 valence electrons. The topological polar surface area (TPSA) is 25.4 Å². The molecule has 1 aromatic heterocycles. The summed E-state index contributed by atoms with van der Waals surface area (Å²) in [5.41, 5.74) is 0. The van der Waals surface area contributed by atoms with Gasteiger partial charge in [0.15, 0.2) is 11.6 Å². The molecule has 0 bridgehead atoms. The van der Waals surface area contributed by atoms with E-state index < -0.39 is 0 Å². The third-order valence-electron chi connectivity index (χ3n) is 2.83. The second-order valence-electron chi connectivity index (χ2n) is 3.63. The molecule has 0 N–H and O–H groups in total. The number of aromatic nitrogens is 1. The maximum Gasteiger partial charge on any atom is 0.171 e. The van der Waals surface area contributed by atoms with E-state index in [1.54, 1.807) is 0 Å². The molecule has 1 atom stereocenters. The third-order valence-corrected chi connectivity index (χ3v) is 2.83. The van der Waals surface area contributed by atoms with Crippen LogP contribution in [0.15, 0.2) is 18.3 Å². The molecule has 2 aliphatic heterocycles. The molecular weight excluding hydrogens is 164 g/mol. The summed E-state index contributed by atoms with van der Waals surface area (Å²) in [6, 6.07) is 4.49. The second-order valence-corrected chi connectivity index (χ2v) is 3.63. The predicted octanol–water partition coefficient (Wildman–Crippen LogP) is 1.44. The molecule has 3 nitrogen and oxygen atoms in total. The van der Waals surface area contributed by atoms with Gasteiger partial charge in [-0.1, -0.05) is 0 Å². The van der Waals surface area contributed by atoms with Crippen LogP contribution >= 0.6 is 0 Å². The Morgan fingerprint density at radius 3 is 3.54 bits per heavy atom. The number of hydrogen-bond acceptors (Lipinski definition) is 3. The Hall–Kier alpha value is -1.25. The molecule has 3 heterocycles. The lowest BCUT2D eigenvalue weighted by Crippen LogP contribution is -2.38. The fourth-order valence-electron chi connectivity index (χ4n) is 2.18. The fraction of sp³-hybridized carbons (Fsp3) is 0.500. The molecule has 1 fully saturated rings. The molecule has 1 saturated heterocycles. The molecule has 3 rings (SSSR count). The van der Waals surface area contributed by atoms with Crippen molar-refractivity contribution in [3.8, 4) is 5.75 Å². The molecule has 0 aromatic carbocycles. The van der Waals surface area contributed by atoms with Gasteiger partial charge in [-0.15, -0.1) is 0 Å². The monoisotopic (exact) mass is 176 g/mol. The van der Waals surface area contributed by atoms with E-state index in [1.807, 2.05) is 18.3 Å². The van der Waals surface area contributed by atoms with Crippen LogP contribution < -0.4 is 9.64 Å². The normalized spacial score (nSPS) is 24.9. The highest BCUT2D eigenvalue weighted by Gasteiger charge is 2.31. The summed E-state index contributed by atoms with van der Waals surface area (Å²) >= 11 is 0. The van der Waals surface area contributed by atoms with Crippen molar-refractivity contribution in [2.75, 3.05) is 18.1 Å². The van der Waals surface area contributed by atoms with Crippen molar-refractivity contribution in [1.29, 1.82) is 0 Å². The van der Waals surface area contributed by atoms with Crippen molar-refractivity contribution in [2.45, 2.75) is 18.9 Å². The van der Waals surface area contributed by atoms with Crippen molar-refractivity contribution in [1.82, 2.24) is 4.98 Å². The first-order valence-corrected chi connectivity index (χ1v) is 4.79. The van der Waals surface area contributed by atoms with Crippen LogP contribution in [-0.2, 0) is 0 Å². The Labute approximate surface area is 77.3 Å². The number of fused-ring (bicyclic) bond motifs is 3. The van der Waals surface area contributed by atoms with Gasteiger partial charge in [-0.25, -0.2) is 4.98 Å². The van der Waals surface area contributed by atoms with Crippen molar-refractivity contribution >= 4 is 5.82 Å². The molecule has 3 heteroatoms. The Kier molecular flexibility index (Phi) is 1.45. The molecule has 1 aromatic rings. The standard InChI is InChI=1S/C10H12N2O/c1-4-9-10(11-5-1)12-6-2-3-8(12)7-13-9/h1,4-5,8H,2-3,6-7H2. The third kappa shape index (κ3) is 0.996. The maximum atomic E-state index is 5.63. The van der Waals surface area contributed by atoms with Gasteiger partial charge in [0.2, 0.25) is 0 Å². The van der Waals surface area contributed by atoms with Gasteiger partial charge in [-0.2, -0.15) is 0 Å². The van der Waals surface area contributed by atoms with Gasteiger partial charge in [0, 0.05) is 12.7 Å². The minimum atomic E-state index is 0.572. The van der Waals surface area contributed by atoms with Crippen molar-refractivity contribution < 1.29 is 4.74 Å². The SMILES string of the molecule is c1cnc2c(c1)OCC1CCCN21. The zero-order valence-electron chi connectivity index (χ0n) is 7.44. The van der Waals surface area contributed by atoms with Crippen LogP contribution in [0.3, 0.4) is 0 Å². The first kappa shape index (κ1) is 7.18. The zero-order valence-corrected chi connectivity index (χ0v) is 7.44. The quantitative estimate of drug-likeness (QED) is 0.598. The molecule has 1 unspecified atom stereocenters. The summed E-state index contributed by atoms with van der Waals surface area (Å²) in [5.74, 6) is 1.98. The van der Waals surface area contributed by atoms with Gasteiger partial charge in [-0.05, 0) is 25.0 Å². The lowest BCUT2D eigenvalue weighted by atomic mass is 10.2. The van der Waals surface area contributed by atoms with Gasteiger partial charge in [0.25, 0.3) is 0 Å². The smallest absolute Gasteiger partial charge is 0.171 e. The lowest BCUT2D eigenvalue weighted by molar-refractivity contribution is 0.270. The molecule has 0 spiro atoms. The first-order chi connectivity index (χ1) is 6.45. The number of anilines is 1. The average Bonchev–Trinajstić information content (AvgIpc) is 2.65. The highest BCUT2D eigenvalue weighted by Crippen LogP contribution is 2.35. The average molecular weight is 176 g/mol. The summed E-state index contributed by atoms with van der Waals surface area (Å²) in [4.78, 5) is 6.74. The number of ether oxygens (including phenoxy) is 1. The van der Waals surface area contributed by atoms with E-state index in [1.165, 1.54) is 12.8 Å². The van der Waals surface area contributed by atoms with Gasteiger partial charge in [-0.3, -0.25) is 0 Å². The number of hydrogen-bond donors (Lipinski definition) is 0. The van der Waals surface area contributed by atoms with Gasteiger partial charge in [0.05, 0.1) is 6.04 Å². The molecule has 0 amide bonds. The van der Waals surface area contributed by atoms with Crippen LogP contribution in [0.2, 0.25) is 0 Å². The summed E-state index contributed by atoms with van der Waals surface area (Å²) in [7, 11) is 0. The minimum Gasteiger partial charge on any atom is -0.488 e. The van der Waals surface area contributed by atoms with E-state index in [4.69, 9.17) is 4.74 Å².